The van der Waals surface area contributed by atoms with Gasteiger partial charge in [-0.2, -0.15) is 0 Å². The van der Waals surface area contributed by atoms with Gasteiger partial charge in [0.15, 0.2) is 0 Å². The van der Waals surface area contributed by atoms with Crippen LogP contribution >= 0.6 is 11.6 Å². The van der Waals surface area contributed by atoms with Gasteiger partial charge in [0.05, 0.1) is 14.2 Å². The summed E-state index contributed by atoms with van der Waals surface area (Å²) in [6.45, 7) is 1.74. The Balaban J connectivity index is 2.33. The van der Waals surface area contributed by atoms with Crippen LogP contribution in [0.3, 0.4) is 0 Å². The van der Waals surface area contributed by atoms with Crippen LogP contribution in [-0.4, -0.2) is 25.2 Å². The Morgan fingerprint density at radius 1 is 1.41 bits per heavy atom. The summed E-state index contributed by atoms with van der Waals surface area (Å²) in [6.07, 6.45) is 0. The van der Waals surface area contributed by atoms with Crippen LogP contribution in [0.2, 0.25) is 0 Å². The molecular weight excluding hydrogens is 244 g/mol. The lowest BCUT2D eigenvalue weighted by Crippen LogP contribution is -2.26. The molecule has 1 heterocycles. The second-order valence-corrected chi connectivity index (χ2v) is 4.49. The summed E-state index contributed by atoms with van der Waals surface area (Å²) in [5.74, 6) is 0.0904. The molecular formula is C12H13ClO4. The number of methoxy groups -OCH3 is 2. The second-order valence-electron chi connectivity index (χ2n) is 3.95. The molecule has 0 saturated carbocycles. The maximum atomic E-state index is 11.5. The smallest absolute Gasteiger partial charge is 0.357 e. The van der Waals surface area contributed by atoms with Crippen molar-refractivity contribution in [3.05, 3.63) is 29.8 Å². The largest absolute Gasteiger partial charge is 0.497 e. The van der Waals surface area contributed by atoms with Crippen molar-refractivity contribution in [2.45, 2.75) is 17.6 Å². The van der Waals surface area contributed by atoms with E-state index in [1.165, 1.54) is 7.11 Å². The molecule has 1 fully saturated rings. The zero-order chi connectivity index (χ0) is 12.7. The summed E-state index contributed by atoms with van der Waals surface area (Å²) >= 11 is 6.09. The normalized spacial score (nSPS) is 30.8. The van der Waals surface area contributed by atoms with Crippen molar-refractivity contribution < 1.29 is 19.0 Å². The van der Waals surface area contributed by atoms with Crippen molar-refractivity contribution in [3.8, 4) is 5.75 Å². The van der Waals surface area contributed by atoms with E-state index in [1.807, 2.05) is 18.2 Å². The third-order valence-corrected chi connectivity index (χ3v) is 3.58. The van der Waals surface area contributed by atoms with Crippen molar-refractivity contribution in [1.82, 2.24) is 0 Å². The van der Waals surface area contributed by atoms with E-state index in [0.717, 1.165) is 5.56 Å². The maximum Gasteiger partial charge on any atom is 0.357 e. The zero-order valence-electron chi connectivity index (χ0n) is 9.82. The molecule has 0 spiro atoms. The van der Waals surface area contributed by atoms with Crippen LogP contribution in [0.15, 0.2) is 24.3 Å². The van der Waals surface area contributed by atoms with Crippen LogP contribution in [0.5, 0.6) is 5.75 Å². The average Bonchev–Trinajstić information content (AvgIpc) is 2.94. The van der Waals surface area contributed by atoms with Crippen LogP contribution < -0.4 is 4.74 Å². The number of carbonyl (C=O) groups excluding carboxylic acids is 1. The summed E-state index contributed by atoms with van der Waals surface area (Å²) in [5.41, 5.74) is -0.104. The van der Waals surface area contributed by atoms with Gasteiger partial charge in [-0.1, -0.05) is 23.7 Å². The molecule has 1 aromatic carbocycles. The molecule has 1 aliphatic rings. The van der Waals surface area contributed by atoms with Crippen molar-refractivity contribution >= 4 is 17.6 Å². The fraction of sp³-hybridized carbons (Fsp3) is 0.417. The lowest BCUT2D eigenvalue weighted by molar-refractivity contribution is -0.143. The van der Waals surface area contributed by atoms with E-state index in [-0.39, 0.29) is 0 Å². The predicted octanol–water partition coefficient (Wildman–Crippen LogP) is 2.05. The number of esters is 1. The topological polar surface area (TPSA) is 48.1 Å². The summed E-state index contributed by atoms with van der Waals surface area (Å²) in [4.78, 5) is 11.5. The third-order valence-electron chi connectivity index (χ3n) is 2.99. The number of hydrogen-bond acceptors (Lipinski definition) is 4. The Kier molecular flexibility index (Phi) is 2.79. The predicted molar refractivity (Wildman–Crippen MR) is 62.0 cm³/mol. The molecule has 4 nitrogen and oxygen atoms in total. The number of rotatable bonds is 3. The molecule has 2 atom stereocenters. The molecule has 2 unspecified atom stereocenters. The number of carbonyl (C=O) groups is 1. The Bertz CT molecular complexity index is 462. The molecule has 0 aliphatic carbocycles. The molecule has 17 heavy (non-hydrogen) atoms. The minimum atomic E-state index is -1.44. The van der Waals surface area contributed by atoms with Crippen molar-refractivity contribution in [1.29, 1.82) is 0 Å². The van der Waals surface area contributed by atoms with Crippen molar-refractivity contribution in [2.75, 3.05) is 14.2 Å². The Labute approximate surface area is 104 Å². The minimum absolute atomic E-state index is 0.593. The van der Waals surface area contributed by atoms with Crippen molar-refractivity contribution in [2.24, 2.45) is 0 Å². The van der Waals surface area contributed by atoms with Crippen molar-refractivity contribution in [3.63, 3.8) is 0 Å². The second kappa shape index (κ2) is 3.89. The summed E-state index contributed by atoms with van der Waals surface area (Å²) in [6, 6.07) is 7.24. The SMILES string of the molecule is COC(=O)C1(Cl)OC1(C)c1cccc(OC)c1. The van der Waals surface area contributed by atoms with E-state index in [0.29, 0.717) is 5.75 Å². The number of benzene rings is 1. The number of hydrogen-bond donors (Lipinski definition) is 0. The van der Waals surface area contributed by atoms with Gasteiger partial charge in [-0.05, 0) is 24.6 Å². The average molecular weight is 257 g/mol. The molecule has 0 aromatic heterocycles. The first-order valence-corrected chi connectivity index (χ1v) is 5.48. The van der Waals surface area contributed by atoms with Gasteiger partial charge in [-0.3, -0.25) is 0 Å². The van der Waals surface area contributed by atoms with Gasteiger partial charge in [0.1, 0.15) is 11.4 Å². The first-order valence-electron chi connectivity index (χ1n) is 5.10. The van der Waals surface area contributed by atoms with E-state index in [9.17, 15) is 4.79 Å². The summed E-state index contributed by atoms with van der Waals surface area (Å²) in [5, 5.41) is -1.44. The van der Waals surface area contributed by atoms with Gasteiger partial charge in [0, 0.05) is 0 Å². The number of ether oxygens (including phenoxy) is 3. The van der Waals surface area contributed by atoms with Gasteiger partial charge in [-0.25, -0.2) is 4.79 Å². The van der Waals surface area contributed by atoms with E-state index in [4.69, 9.17) is 21.1 Å². The summed E-state index contributed by atoms with van der Waals surface area (Å²) in [7, 11) is 2.85. The highest BCUT2D eigenvalue weighted by Gasteiger charge is 2.73. The van der Waals surface area contributed by atoms with E-state index >= 15 is 0 Å². The van der Waals surface area contributed by atoms with Crippen LogP contribution in [0, 0.1) is 0 Å². The van der Waals surface area contributed by atoms with Crippen LogP contribution in [0.1, 0.15) is 12.5 Å². The molecule has 2 rings (SSSR count). The molecule has 1 saturated heterocycles. The molecule has 0 radical (unpaired) electrons. The quantitative estimate of drug-likeness (QED) is 0.472. The number of epoxide rings is 1. The summed E-state index contributed by atoms with van der Waals surface area (Å²) < 4.78 is 15.1. The Morgan fingerprint density at radius 3 is 2.71 bits per heavy atom. The van der Waals surface area contributed by atoms with Gasteiger partial charge in [0.2, 0.25) is 0 Å². The standard InChI is InChI=1S/C12H13ClO4/c1-11(12(13,17-11)10(14)16-3)8-5-4-6-9(7-8)15-2/h4-7H,1-3H3. The van der Waals surface area contributed by atoms with Gasteiger partial charge in [-0.15, -0.1) is 0 Å². The highest BCUT2D eigenvalue weighted by molar-refractivity contribution is 6.35. The molecule has 1 aromatic rings. The van der Waals surface area contributed by atoms with Crippen LogP contribution in [-0.2, 0) is 19.9 Å². The minimum Gasteiger partial charge on any atom is -0.497 e. The lowest BCUT2D eigenvalue weighted by atomic mass is 9.97. The first-order chi connectivity index (χ1) is 7.98. The third kappa shape index (κ3) is 1.68. The van der Waals surface area contributed by atoms with E-state index in [1.54, 1.807) is 20.1 Å². The zero-order valence-corrected chi connectivity index (χ0v) is 10.6. The van der Waals surface area contributed by atoms with Crippen LogP contribution in [0.4, 0.5) is 0 Å². The molecule has 5 heteroatoms. The molecule has 1 aliphatic heterocycles. The van der Waals surface area contributed by atoms with E-state index in [2.05, 4.69) is 4.74 Å². The highest BCUT2D eigenvalue weighted by atomic mass is 35.5. The van der Waals surface area contributed by atoms with Gasteiger partial charge < -0.3 is 14.2 Å². The van der Waals surface area contributed by atoms with Gasteiger partial charge >= 0.3 is 5.97 Å². The number of alkyl halides is 1. The molecule has 92 valence electrons. The fourth-order valence-electron chi connectivity index (χ4n) is 1.79. The van der Waals surface area contributed by atoms with Crippen LogP contribution in [0.25, 0.3) is 0 Å². The maximum absolute atomic E-state index is 11.5. The fourth-order valence-corrected chi connectivity index (χ4v) is 2.13. The molecule has 0 N–H and O–H groups in total. The molecule has 0 amide bonds. The van der Waals surface area contributed by atoms with Gasteiger partial charge in [0.25, 0.3) is 5.06 Å². The van der Waals surface area contributed by atoms with E-state index < -0.39 is 16.6 Å². The Hall–Kier alpha value is -1.26. The first kappa shape index (κ1) is 12.2. The number of halogens is 1. The molecule has 0 bridgehead atoms. The Morgan fingerprint density at radius 2 is 2.12 bits per heavy atom. The monoisotopic (exact) mass is 256 g/mol. The highest BCUT2D eigenvalue weighted by Crippen LogP contribution is 2.59. The lowest BCUT2D eigenvalue weighted by Gasteiger charge is -2.10.